The average molecular weight is 568 g/mol. The molecule has 4 aromatic carbocycles. The summed E-state index contributed by atoms with van der Waals surface area (Å²) in [6, 6.07) is 31.3. The summed E-state index contributed by atoms with van der Waals surface area (Å²) >= 11 is 0. The molecule has 2 amide bonds. The van der Waals surface area contributed by atoms with E-state index in [2.05, 4.69) is 39.7 Å². The molecule has 2 atom stereocenters. The Labute approximate surface area is 248 Å². The number of anilines is 2. The third kappa shape index (κ3) is 3.62. The van der Waals surface area contributed by atoms with E-state index in [-0.39, 0.29) is 17.7 Å². The Morgan fingerprint density at radius 3 is 2.28 bits per heavy atom. The summed E-state index contributed by atoms with van der Waals surface area (Å²) in [5, 5.41) is 4.72. The molecule has 1 saturated heterocycles. The van der Waals surface area contributed by atoms with E-state index in [4.69, 9.17) is 9.84 Å². The number of para-hydroxylation sites is 2. The normalized spacial score (nSPS) is 23.5. The van der Waals surface area contributed by atoms with E-state index in [1.54, 1.807) is 12.1 Å². The van der Waals surface area contributed by atoms with Gasteiger partial charge >= 0.3 is 0 Å². The van der Waals surface area contributed by atoms with Gasteiger partial charge in [-0.25, -0.2) is 15.3 Å². The summed E-state index contributed by atoms with van der Waals surface area (Å²) in [5.41, 5.74) is 8.50. The highest BCUT2D eigenvalue weighted by Crippen LogP contribution is 2.63. The molecule has 0 saturated carbocycles. The SMILES string of the molecule is CCCOc1ccc(N2C(=O)[C@@H]3[C@@H](C2=O)C2c4ccccc4C3(/C=N\Nc3nc4ccccc4[nH]3)c3ccccc32)cc1. The standard InChI is InChI=1S/C35H29N5O3/c1-2-19-43-22-17-15-21(16-18-22)40-32(41)30-29-23-9-3-5-11-25(23)35(31(30)33(40)42,26-12-6-4-10-24(26)29)20-36-39-34-37-27-13-7-8-14-28(27)38-34/h3-18,20,29-31H,2,19H2,1H3,(H2,37,38,39)/b36-20-/t29?,30-,31-,35?/m0/s1. The maximum atomic E-state index is 14.5. The number of amides is 2. The first-order chi connectivity index (χ1) is 21.1. The second-order valence-electron chi connectivity index (χ2n) is 11.4. The highest BCUT2D eigenvalue weighted by molar-refractivity contribution is 6.25. The molecule has 2 heterocycles. The predicted octanol–water partition coefficient (Wildman–Crippen LogP) is 6.00. The molecule has 8 nitrogen and oxygen atoms in total. The lowest BCUT2D eigenvalue weighted by atomic mass is 9.47. The first-order valence-corrected chi connectivity index (χ1v) is 14.7. The smallest absolute Gasteiger partial charge is 0.239 e. The van der Waals surface area contributed by atoms with Crippen molar-refractivity contribution in [3.8, 4) is 5.75 Å². The fourth-order valence-corrected chi connectivity index (χ4v) is 7.42. The van der Waals surface area contributed by atoms with Crippen LogP contribution < -0.4 is 15.1 Å². The van der Waals surface area contributed by atoms with Gasteiger partial charge in [0.15, 0.2) is 0 Å². The Balaban J connectivity index is 1.26. The first kappa shape index (κ1) is 25.5. The fraction of sp³-hybridized carbons (Fsp3) is 0.200. The summed E-state index contributed by atoms with van der Waals surface area (Å²) in [7, 11) is 0. The van der Waals surface area contributed by atoms with Gasteiger partial charge in [-0.2, -0.15) is 5.10 Å². The van der Waals surface area contributed by atoms with Gasteiger partial charge in [-0.1, -0.05) is 67.6 Å². The summed E-state index contributed by atoms with van der Waals surface area (Å²) in [5.74, 6) is -0.655. The number of nitrogens with one attached hydrogen (secondary N) is 2. The van der Waals surface area contributed by atoms with Crippen LogP contribution in [0.1, 0.15) is 41.5 Å². The topological polar surface area (TPSA) is 99.7 Å². The molecule has 4 aliphatic rings. The van der Waals surface area contributed by atoms with Crippen LogP contribution in [0.15, 0.2) is 102 Å². The number of carbonyl (C=O) groups is 2. The van der Waals surface area contributed by atoms with Crippen LogP contribution in [-0.4, -0.2) is 34.6 Å². The molecule has 5 aromatic rings. The van der Waals surface area contributed by atoms with E-state index < -0.39 is 17.3 Å². The number of imide groups is 1. The minimum atomic E-state index is -0.961. The van der Waals surface area contributed by atoms with E-state index in [0.717, 1.165) is 39.7 Å². The number of fused-ring (bicyclic) bond motifs is 1. The second kappa shape index (κ2) is 9.66. The van der Waals surface area contributed by atoms with Crippen LogP contribution in [0.25, 0.3) is 11.0 Å². The summed E-state index contributed by atoms with van der Waals surface area (Å²) < 4.78 is 5.75. The van der Waals surface area contributed by atoms with Crippen molar-refractivity contribution in [2.24, 2.45) is 16.9 Å². The van der Waals surface area contributed by atoms with E-state index >= 15 is 0 Å². The van der Waals surface area contributed by atoms with Crippen LogP contribution in [0, 0.1) is 11.8 Å². The summed E-state index contributed by atoms with van der Waals surface area (Å²) in [6.07, 6.45) is 2.72. The number of hydrazone groups is 1. The molecule has 43 heavy (non-hydrogen) atoms. The Morgan fingerprint density at radius 2 is 1.58 bits per heavy atom. The van der Waals surface area contributed by atoms with Gasteiger partial charge in [0.1, 0.15) is 5.75 Å². The number of carbonyl (C=O) groups excluding carboxylic acids is 2. The Morgan fingerprint density at radius 1 is 0.907 bits per heavy atom. The molecule has 9 rings (SSSR count). The molecule has 1 aromatic heterocycles. The molecule has 0 unspecified atom stereocenters. The molecule has 0 radical (unpaired) electrons. The molecule has 3 aliphatic carbocycles. The van der Waals surface area contributed by atoms with Crippen LogP contribution in [-0.2, 0) is 15.0 Å². The van der Waals surface area contributed by atoms with Gasteiger partial charge in [-0.05, 0) is 65.1 Å². The third-order valence-corrected chi connectivity index (χ3v) is 9.08. The minimum Gasteiger partial charge on any atom is -0.494 e. The van der Waals surface area contributed by atoms with E-state index in [0.29, 0.717) is 24.0 Å². The Hall–Kier alpha value is -5.24. The van der Waals surface area contributed by atoms with Gasteiger partial charge < -0.3 is 9.72 Å². The van der Waals surface area contributed by atoms with Crippen molar-refractivity contribution < 1.29 is 14.3 Å². The number of hydrogen-bond acceptors (Lipinski definition) is 6. The number of aromatic amines is 1. The zero-order valence-corrected chi connectivity index (χ0v) is 23.5. The molecule has 2 bridgehead atoms. The number of aromatic nitrogens is 2. The van der Waals surface area contributed by atoms with Crippen LogP contribution in [0.3, 0.4) is 0 Å². The molecular weight excluding hydrogens is 538 g/mol. The van der Waals surface area contributed by atoms with E-state index in [1.807, 2.05) is 73.8 Å². The van der Waals surface area contributed by atoms with E-state index in [9.17, 15) is 9.59 Å². The van der Waals surface area contributed by atoms with Gasteiger partial charge in [0.2, 0.25) is 17.8 Å². The van der Waals surface area contributed by atoms with Crippen LogP contribution in [0.5, 0.6) is 5.75 Å². The zero-order chi connectivity index (χ0) is 29.1. The third-order valence-electron chi connectivity index (χ3n) is 9.08. The zero-order valence-electron chi connectivity index (χ0n) is 23.5. The number of nitrogens with zero attached hydrogens (tertiary/aromatic N) is 3. The number of imidazole rings is 1. The second-order valence-corrected chi connectivity index (χ2v) is 11.4. The number of hydrogen-bond donors (Lipinski definition) is 2. The molecule has 1 aliphatic heterocycles. The Kier molecular flexibility index (Phi) is 5.72. The van der Waals surface area contributed by atoms with Crippen molar-refractivity contribution in [1.82, 2.24) is 9.97 Å². The van der Waals surface area contributed by atoms with Crippen molar-refractivity contribution in [2.45, 2.75) is 24.7 Å². The van der Waals surface area contributed by atoms with Gasteiger partial charge in [-0.3, -0.25) is 9.59 Å². The predicted molar refractivity (Wildman–Crippen MR) is 165 cm³/mol. The maximum Gasteiger partial charge on any atom is 0.239 e. The number of rotatable bonds is 7. The van der Waals surface area contributed by atoms with Crippen molar-refractivity contribution in [3.05, 3.63) is 119 Å². The van der Waals surface area contributed by atoms with E-state index in [1.165, 1.54) is 4.90 Å². The van der Waals surface area contributed by atoms with Gasteiger partial charge in [0.25, 0.3) is 0 Å². The Bertz CT molecular complexity index is 1850. The van der Waals surface area contributed by atoms with Crippen molar-refractivity contribution in [2.75, 3.05) is 16.9 Å². The quantitative estimate of drug-likeness (QED) is 0.143. The summed E-state index contributed by atoms with van der Waals surface area (Å²) in [6.45, 7) is 2.65. The number of benzene rings is 4. The lowest BCUT2D eigenvalue weighted by molar-refractivity contribution is -0.122. The van der Waals surface area contributed by atoms with Gasteiger partial charge in [0, 0.05) is 12.1 Å². The lowest BCUT2D eigenvalue weighted by Gasteiger charge is -2.52. The maximum absolute atomic E-state index is 14.5. The van der Waals surface area contributed by atoms with Crippen LogP contribution in [0.4, 0.5) is 11.6 Å². The monoisotopic (exact) mass is 567 g/mol. The first-order valence-electron chi connectivity index (χ1n) is 14.7. The fourth-order valence-electron chi connectivity index (χ4n) is 7.42. The molecule has 2 N–H and O–H groups in total. The molecule has 1 fully saturated rings. The highest BCUT2D eigenvalue weighted by Gasteiger charge is 2.68. The van der Waals surface area contributed by atoms with Crippen molar-refractivity contribution in [1.29, 1.82) is 0 Å². The van der Waals surface area contributed by atoms with Crippen LogP contribution in [0.2, 0.25) is 0 Å². The van der Waals surface area contributed by atoms with Crippen molar-refractivity contribution in [3.63, 3.8) is 0 Å². The molecular formula is C35H29N5O3. The van der Waals surface area contributed by atoms with Crippen LogP contribution >= 0.6 is 0 Å². The molecule has 0 spiro atoms. The number of H-pyrrole nitrogens is 1. The van der Waals surface area contributed by atoms with Crippen molar-refractivity contribution >= 4 is 40.7 Å². The van der Waals surface area contributed by atoms with Gasteiger partial charge in [0.05, 0.1) is 40.6 Å². The lowest BCUT2D eigenvalue weighted by Crippen LogP contribution is -2.54. The average Bonchev–Trinajstić information content (AvgIpc) is 3.58. The summed E-state index contributed by atoms with van der Waals surface area (Å²) in [4.78, 5) is 38.1. The van der Waals surface area contributed by atoms with Gasteiger partial charge in [-0.15, -0.1) is 0 Å². The highest BCUT2D eigenvalue weighted by atomic mass is 16.5. The minimum absolute atomic E-state index is 0.186. The molecule has 212 valence electrons. The number of ether oxygens (including phenoxy) is 1. The largest absolute Gasteiger partial charge is 0.494 e. The molecule has 8 heteroatoms.